The summed E-state index contributed by atoms with van der Waals surface area (Å²) in [6.45, 7) is 1.30. The van der Waals surface area contributed by atoms with Gasteiger partial charge in [0.2, 0.25) is 5.91 Å². The first kappa shape index (κ1) is 9.98. The van der Waals surface area contributed by atoms with Crippen LogP contribution in [0.15, 0.2) is 24.3 Å². The molecule has 1 fully saturated rings. The fourth-order valence-electron chi connectivity index (χ4n) is 1.67. The zero-order valence-corrected chi connectivity index (χ0v) is 8.39. The van der Waals surface area contributed by atoms with E-state index >= 15 is 0 Å². The Hall–Kier alpha value is -1.55. The number of carbonyl (C=O) groups excluding carboxylic acids is 1. The van der Waals surface area contributed by atoms with Gasteiger partial charge in [-0.05, 0) is 17.7 Å². The Labute approximate surface area is 88.3 Å². The topological polar surface area (TPSA) is 66.6 Å². The third-order valence-corrected chi connectivity index (χ3v) is 2.53. The molecule has 3 N–H and O–H groups in total. The third-order valence-electron chi connectivity index (χ3n) is 2.53. The van der Waals surface area contributed by atoms with E-state index in [4.69, 9.17) is 5.73 Å². The molecule has 0 unspecified atom stereocenters. The van der Waals surface area contributed by atoms with Crippen molar-refractivity contribution in [3.63, 3.8) is 0 Å². The van der Waals surface area contributed by atoms with Crippen LogP contribution in [0, 0.1) is 0 Å². The highest BCUT2D eigenvalue weighted by atomic mass is 16.3. The van der Waals surface area contributed by atoms with Gasteiger partial charge < -0.3 is 15.7 Å². The summed E-state index contributed by atoms with van der Waals surface area (Å²) < 4.78 is 0. The van der Waals surface area contributed by atoms with Gasteiger partial charge in [-0.15, -0.1) is 0 Å². The zero-order valence-electron chi connectivity index (χ0n) is 8.39. The molecule has 1 aliphatic rings. The molecule has 0 saturated carbocycles. The molecule has 0 atom stereocenters. The molecule has 1 aliphatic heterocycles. The van der Waals surface area contributed by atoms with E-state index in [1.54, 1.807) is 23.1 Å². The van der Waals surface area contributed by atoms with Gasteiger partial charge in [0.1, 0.15) is 5.75 Å². The van der Waals surface area contributed by atoms with Crippen molar-refractivity contribution in [2.24, 2.45) is 5.73 Å². The zero-order chi connectivity index (χ0) is 10.8. The molecule has 0 aliphatic carbocycles. The van der Waals surface area contributed by atoms with Crippen molar-refractivity contribution in [1.29, 1.82) is 0 Å². The molecule has 2 rings (SSSR count). The van der Waals surface area contributed by atoms with Crippen LogP contribution in [0.3, 0.4) is 0 Å². The SMILES string of the molecule is NC1CN(C(=O)Cc2cccc(O)c2)C1. The number of phenolic OH excluding ortho intramolecular Hbond substituents is 1. The summed E-state index contributed by atoms with van der Waals surface area (Å²) in [5.41, 5.74) is 6.42. The standard InChI is InChI=1S/C11H14N2O2/c12-9-6-13(7-9)11(15)5-8-2-1-3-10(14)4-8/h1-4,9,14H,5-7,12H2. The lowest BCUT2D eigenvalue weighted by Crippen LogP contribution is -2.58. The van der Waals surface area contributed by atoms with E-state index in [1.807, 2.05) is 6.07 Å². The number of carbonyl (C=O) groups is 1. The molecule has 1 saturated heterocycles. The molecule has 0 spiro atoms. The van der Waals surface area contributed by atoms with Crippen molar-refractivity contribution in [3.8, 4) is 5.75 Å². The van der Waals surface area contributed by atoms with Crippen LogP contribution in [-0.4, -0.2) is 35.0 Å². The Morgan fingerprint density at radius 2 is 2.27 bits per heavy atom. The number of rotatable bonds is 2. The lowest BCUT2D eigenvalue weighted by Gasteiger charge is -2.36. The molecule has 4 heteroatoms. The number of nitrogens with zero attached hydrogens (tertiary/aromatic N) is 1. The molecule has 0 aromatic heterocycles. The van der Waals surface area contributed by atoms with Crippen LogP contribution in [0.1, 0.15) is 5.56 Å². The van der Waals surface area contributed by atoms with Crippen LogP contribution in [0.4, 0.5) is 0 Å². The Bertz CT molecular complexity index is 373. The van der Waals surface area contributed by atoms with Crippen molar-refractivity contribution in [2.45, 2.75) is 12.5 Å². The van der Waals surface area contributed by atoms with Crippen molar-refractivity contribution >= 4 is 5.91 Å². The molecule has 80 valence electrons. The highest BCUT2D eigenvalue weighted by molar-refractivity contribution is 5.79. The summed E-state index contributed by atoms with van der Waals surface area (Å²) in [6, 6.07) is 6.90. The van der Waals surface area contributed by atoms with Crippen molar-refractivity contribution in [2.75, 3.05) is 13.1 Å². The number of hydrogen-bond acceptors (Lipinski definition) is 3. The maximum Gasteiger partial charge on any atom is 0.227 e. The smallest absolute Gasteiger partial charge is 0.227 e. The minimum absolute atomic E-state index is 0.0716. The highest BCUT2D eigenvalue weighted by Crippen LogP contribution is 2.14. The highest BCUT2D eigenvalue weighted by Gasteiger charge is 2.27. The predicted molar refractivity (Wildman–Crippen MR) is 56.4 cm³/mol. The first-order valence-electron chi connectivity index (χ1n) is 4.96. The van der Waals surface area contributed by atoms with Crippen LogP contribution in [0.2, 0.25) is 0 Å². The van der Waals surface area contributed by atoms with E-state index in [0.717, 1.165) is 5.56 Å². The van der Waals surface area contributed by atoms with Gasteiger partial charge in [0.05, 0.1) is 6.42 Å². The van der Waals surface area contributed by atoms with Crippen LogP contribution in [0.5, 0.6) is 5.75 Å². The summed E-state index contributed by atoms with van der Waals surface area (Å²) in [7, 11) is 0. The molecular formula is C11H14N2O2. The first-order valence-corrected chi connectivity index (χ1v) is 4.96. The number of nitrogens with two attached hydrogens (primary N) is 1. The Morgan fingerprint density at radius 1 is 1.53 bits per heavy atom. The first-order chi connectivity index (χ1) is 7.15. The molecule has 1 aromatic carbocycles. The summed E-state index contributed by atoms with van der Waals surface area (Å²) in [6.07, 6.45) is 0.334. The van der Waals surface area contributed by atoms with Crippen molar-refractivity contribution in [3.05, 3.63) is 29.8 Å². The second kappa shape index (κ2) is 3.90. The van der Waals surface area contributed by atoms with Gasteiger partial charge in [-0.25, -0.2) is 0 Å². The van der Waals surface area contributed by atoms with Gasteiger partial charge in [-0.2, -0.15) is 0 Å². The number of phenols is 1. The number of likely N-dealkylation sites (tertiary alicyclic amines) is 1. The average molecular weight is 206 g/mol. The normalized spacial score (nSPS) is 16.2. The van der Waals surface area contributed by atoms with Gasteiger partial charge in [-0.1, -0.05) is 12.1 Å². The van der Waals surface area contributed by atoms with E-state index in [9.17, 15) is 9.90 Å². The molecule has 0 radical (unpaired) electrons. The van der Waals surface area contributed by atoms with Gasteiger partial charge in [0.15, 0.2) is 0 Å². The molecule has 0 bridgehead atoms. The second-order valence-corrected chi connectivity index (χ2v) is 3.91. The summed E-state index contributed by atoms with van der Waals surface area (Å²) in [4.78, 5) is 13.4. The van der Waals surface area contributed by atoms with Gasteiger partial charge >= 0.3 is 0 Å². The monoisotopic (exact) mass is 206 g/mol. The Balaban J connectivity index is 1.94. The average Bonchev–Trinajstić information content (AvgIpc) is 2.13. The maximum absolute atomic E-state index is 11.6. The summed E-state index contributed by atoms with van der Waals surface area (Å²) in [5, 5.41) is 9.23. The quantitative estimate of drug-likeness (QED) is 0.721. The largest absolute Gasteiger partial charge is 0.508 e. The maximum atomic E-state index is 11.6. The Kier molecular flexibility index (Phi) is 2.60. The number of aromatic hydroxyl groups is 1. The molecular weight excluding hydrogens is 192 g/mol. The predicted octanol–water partition coefficient (Wildman–Crippen LogP) is 0.104. The molecule has 15 heavy (non-hydrogen) atoms. The van der Waals surface area contributed by atoms with Crippen LogP contribution < -0.4 is 5.73 Å². The number of benzene rings is 1. The lowest BCUT2D eigenvalue weighted by molar-refractivity contribution is -0.134. The van der Waals surface area contributed by atoms with Gasteiger partial charge in [-0.3, -0.25) is 4.79 Å². The Morgan fingerprint density at radius 3 is 2.87 bits per heavy atom. The van der Waals surface area contributed by atoms with Crippen LogP contribution >= 0.6 is 0 Å². The number of amides is 1. The minimum Gasteiger partial charge on any atom is -0.508 e. The van der Waals surface area contributed by atoms with E-state index < -0.39 is 0 Å². The molecule has 1 aromatic rings. The third kappa shape index (κ3) is 2.27. The number of hydrogen-bond donors (Lipinski definition) is 2. The lowest BCUT2D eigenvalue weighted by atomic mass is 10.1. The summed E-state index contributed by atoms with van der Waals surface area (Å²) >= 11 is 0. The molecule has 1 heterocycles. The fraction of sp³-hybridized carbons (Fsp3) is 0.364. The van der Waals surface area contributed by atoms with Gasteiger partial charge in [0, 0.05) is 19.1 Å². The second-order valence-electron chi connectivity index (χ2n) is 3.91. The minimum atomic E-state index is 0.0716. The molecule has 1 amide bonds. The summed E-state index contributed by atoms with van der Waals surface area (Å²) in [5.74, 6) is 0.267. The van der Waals surface area contributed by atoms with Crippen LogP contribution in [-0.2, 0) is 11.2 Å². The molecule has 4 nitrogen and oxygen atoms in total. The van der Waals surface area contributed by atoms with Gasteiger partial charge in [0.25, 0.3) is 0 Å². The van der Waals surface area contributed by atoms with Crippen LogP contribution in [0.25, 0.3) is 0 Å². The van der Waals surface area contributed by atoms with Crippen molar-refractivity contribution < 1.29 is 9.90 Å². The van der Waals surface area contributed by atoms with E-state index in [-0.39, 0.29) is 17.7 Å². The fourth-order valence-corrected chi connectivity index (χ4v) is 1.67. The van der Waals surface area contributed by atoms with Crippen molar-refractivity contribution in [1.82, 2.24) is 4.90 Å². The van der Waals surface area contributed by atoms with E-state index in [0.29, 0.717) is 19.5 Å². The van der Waals surface area contributed by atoms with E-state index in [1.165, 1.54) is 0 Å². The van der Waals surface area contributed by atoms with E-state index in [2.05, 4.69) is 0 Å².